The van der Waals surface area contributed by atoms with Crippen LogP contribution >= 0.6 is 0 Å². The minimum atomic E-state index is 0.196. The van der Waals surface area contributed by atoms with E-state index in [-0.39, 0.29) is 6.01 Å². The van der Waals surface area contributed by atoms with E-state index in [4.69, 9.17) is 14.9 Å². The third-order valence-corrected chi connectivity index (χ3v) is 2.51. The SMILES string of the molecule is Nc1nc(-c2ccc3c(c2)CCO3)co1. The molecule has 4 heteroatoms. The van der Waals surface area contributed by atoms with Crippen molar-refractivity contribution in [3.63, 3.8) is 0 Å². The van der Waals surface area contributed by atoms with Crippen molar-refractivity contribution in [1.82, 2.24) is 4.98 Å². The Balaban J connectivity index is 2.06. The largest absolute Gasteiger partial charge is 0.493 e. The van der Waals surface area contributed by atoms with Gasteiger partial charge in [-0.25, -0.2) is 0 Å². The van der Waals surface area contributed by atoms with Crippen LogP contribution in [0.3, 0.4) is 0 Å². The Morgan fingerprint density at radius 2 is 2.27 bits per heavy atom. The van der Waals surface area contributed by atoms with Crippen molar-refractivity contribution in [2.75, 3.05) is 12.3 Å². The second-order valence-corrected chi connectivity index (χ2v) is 3.49. The van der Waals surface area contributed by atoms with E-state index in [1.54, 1.807) is 6.26 Å². The molecule has 1 aliphatic rings. The van der Waals surface area contributed by atoms with E-state index in [1.807, 2.05) is 12.1 Å². The van der Waals surface area contributed by atoms with E-state index in [2.05, 4.69) is 11.1 Å². The van der Waals surface area contributed by atoms with Crippen LogP contribution in [0.4, 0.5) is 6.01 Å². The summed E-state index contributed by atoms with van der Waals surface area (Å²) >= 11 is 0. The average Bonchev–Trinajstić information content (AvgIpc) is 2.84. The van der Waals surface area contributed by atoms with E-state index in [1.165, 1.54) is 5.56 Å². The van der Waals surface area contributed by atoms with Gasteiger partial charge in [-0.1, -0.05) is 0 Å². The Bertz CT molecular complexity index is 505. The van der Waals surface area contributed by atoms with Crippen LogP contribution < -0.4 is 10.5 Å². The summed E-state index contributed by atoms with van der Waals surface area (Å²) < 4.78 is 10.4. The van der Waals surface area contributed by atoms with Gasteiger partial charge in [-0.3, -0.25) is 0 Å². The fourth-order valence-electron chi connectivity index (χ4n) is 1.77. The van der Waals surface area contributed by atoms with Crippen molar-refractivity contribution >= 4 is 6.01 Å². The number of oxazole rings is 1. The molecular formula is C11H10N2O2. The number of fused-ring (bicyclic) bond motifs is 1. The molecule has 0 bridgehead atoms. The molecule has 3 rings (SSSR count). The van der Waals surface area contributed by atoms with Gasteiger partial charge in [0.1, 0.15) is 17.7 Å². The molecule has 0 atom stereocenters. The fraction of sp³-hybridized carbons (Fsp3) is 0.182. The normalized spacial score (nSPS) is 13.6. The number of ether oxygens (including phenoxy) is 1. The van der Waals surface area contributed by atoms with Crippen LogP contribution in [0.2, 0.25) is 0 Å². The summed E-state index contributed by atoms with van der Waals surface area (Å²) in [5.74, 6) is 0.968. The quantitative estimate of drug-likeness (QED) is 0.766. The minimum absolute atomic E-state index is 0.196. The van der Waals surface area contributed by atoms with Crippen LogP contribution in [-0.2, 0) is 6.42 Å². The molecular weight excluding hydrogens is 192 g/mol. The highest BCUT2D eigenvalue weighted by Gasteiger charge is 2.13. The molecule has 0 saturated carbocycles. The Kier molecular flexibility index (Phi) is 1.68. The van der Waals surface area contributed by atoms with Crippen molar-refractivity contribution < 1.29 is 9.15 Å². The maximum Gasteiger partial charge on any atom is 0.292 e. The summed E-state index contributed by atoms with van der Waals surface area (Å²) in [5.41, 5.74) is 8.42. The number of rotatable bonds is 1. The molecule has 0 aliphatic carbocycles. The first kappa shape index (κ1) is 8.35. The molecule has 0 unspecified atom stereocenters. The number of anilines is 1. The minimum Gasteiger partial charge on any atom is -0.493 e. The monoisotopic (exact) mass is 202 g/mol. The summed E-state index contributed by atoms with van der Waals surface area (Å²) in [5, 5.41) is 0. The molecule has 1 aliphatic heterocycles. The number of nitrogens with two attached hydrogens (primary N) is 1. The van der Waals surface area contributed by atoms with Crippen LogP contribution in [0.1, 0.15) is 5.56 Å². The van der Waals surface area contributed by atoms with Gasteiger partial charge in [0.2, 0.25) is 0 Å². The highest BCUT2D eigenvalue weighted by molar-refractivity contribution is 5.62. The maximum atomic E-state index is 5.43. The van der Waals surface area contributed by atoms with Crippen LogP contribution in [0, 0.1) is 0 Å². The lowest BCUT2D eigenvalue weighted by Gasteiger charge is -2.00. The summed E-state index contributed by atoms with van der Waals surface area (Å²) in [6, 6.07) is 6.19. The van der Waals surface area contributed by atoms with Crippen LogP contribution in [0.5, 0.6) is 5.75 Å². The molecule has 0 saturated heterocycles. The van der Waals surface area contributed by atoms with E-state index in [0.29, 0.717) is 0 Å². The van der Waals surface area contributed by atoms with Gasteiger partial charge in [-0.15, -0.1) is 0 Å². The number of hydrogen-bond donors (Lipinski definition) is 1. The van der Waals surface area contributed by atoms with Crippen LogP contribution in [-0.4, -0.2) is 11.6 Å². The molecule has 4 nitrogen and oxygen atoms in total. The van der Waals surface area contributed by atoms with Crippen molar-refractivity contribution in [3.05, 3.63) is 30.0 Å². The highest BCUT2D eigenvalue weighted by Crippen LogP contribution is 2.30. The van der Waals surface area contributed by atoms with Gasteiger partial charge in [0, 0.05) is 12.0 Å². The van der Waals surface area contributed by atoms with E-state index >= 15 is 0 Å². The first-order valence-electron chi connectivity index (χ1n) is 4.80. The second kappa shape index (κ2) is 3.02. The van der Waals surface area contributed by atoms with Gasteiger partial charge in [0.15, 0.2) is 0 Å². The molecule has 0 spiro atoms. The molecule has 1 aromatic heterocycles. The molecule has 2 aromatic rings. The highest BCUT2D eigenvalue weighted by atomic mass is 16.5. The molecule has 15 heavy (non-hydrogen) atoms. The third-order valence-electron chi connectivity index (χ3n) is 2.51. The van der Waals surface area contributed by atoms with Gasteiger partial charge >= 0.3 is 0 Å². The Labute approximate surface area is 86.7 Å². The van der Waals surface area contributed by atoms with Crippen molar-refractivity contribution in [2.24, 2.45) is 0 Å². The van der Waals surface area contributed by atoms with Crippen LogP contribution in [0.25, 0.3) is 11.3 Å². The van der Waals surface area contributed by atoms with Crippen molar-refractivity contribution in [3.8, 4) is 17.0 Å². The van der Waals surface area contributed by atoms with E-state index in [0.717, 1.165) is 30.0 Å². The zero-order chi connectivity index (χ0) is 10.3. The Morgan fingerprint density at radius 3 is 3.07 bits per heavy atom. The third kappa shape index (κ3) is 1.34. The second-order valence-electron chi connectivity index (χ2n) is 3.49. The number of benzene rings is 1. The summed E-state index contributed by atoms with van der Waals surface area (Å²) in [6.07, 6.45) is 2.52. The van der Waals surface area contributed by atoms with Gasteiger partial charge in [0.05, 0.1) is 6.61 Å². The maximum absolute atomic E-state index is 5.43. The molecule has 2 heterocycles. The Hall–Kier alpha value is -1.97. The van der Waals surface area contributed by atoms with Crippen molar-refractivity contribution in [1.29, 1.82) is 0 Å². The summed E-state index contributed by atoms with van der Waals surface area (Å²) in [7, 11) is 0. The topological polar surface area (TPSA) is 61.3 Å². The predicted octanol–water partition coefficient (Wildman–Crippen LogP) is 1.86. The zero-order valence-electron chi connectivity index (χ0n) is 8.06. The lowest BCUT2D eigenvalue weighted by atomic mass is 10.1. The predicted molar refractivity (Wildman–Crippen MR) is 55.6 cm³/mol. The zero-order valence-corrected chi connectivity index (χ0v) is 8.06. The molecule has 1 aromatic carbocycles. The van der Waals surface area contributed by atoms with Gasteiger partial charge in [-0.05, 0) is 23.8 Å². The Morgan fingerprint density at radius 1 is 1.33 bits per heavy atom. The number of nitrogen functional groups attached to an aromatic ring is 1. The fourth-order valence-corrected chi connectivity index (χ4v) is 1.77. The van der Waals surface area contributed by atoms with Gasteiger partial charge in [-0.2, -0.15) is 4.98 Å². The van der Waals surface area contributed by atoms with E-state index < -0.39 is 0 Å². The summed E-state index contributed by atoms with van der Waals surface area (Å²) in [4.78, 5) is 4.08. The average molecular weight is 202 g/mol. The first-order valence-corrected chi connectivity index (χ1v) is 4.80. The van der Waals surface area contributed by atoms with Crippen LogP contribution in [0.15, 0.2) is 28.9 Å². The van der Waals surface area contributed by atoms with Crippen molar-refractivity contribution in [2.45, 2.75) is 6.42 Å². The molecule has 0 radical (unpaired) electrons. The number of aromatic nitrogens is 1. The first-order chi connectivity index (χ1) is 7.33. The molecule has 2 N–H and O–H groups in total. The van der Waals surface area contributed by atoms with Gasteiger partial charge in [0.25, 0.3) is 6.01 Å². The summed E-state index contributed by atoms with van der Waals surface area (Å²) in [6.45, 7) is 0.764. The molecule has 0 amide bonds. The molecule has 76 valence electrons. The standard InChI is InChI=1S/C11H10N2O2/c12-11-13-9(6-15-11)7-1-2-10-8(5-7)3-4-14-10/h1-2,5-6H,3-4H2,(H2,12,13). The lowest BCUT2D eigenvalue weighted by molar-refractivity contribution is 0.357. The molecule has 0 fully saturated rings. The lowest BCUT2D eigenvalue weighted by Crippen LogP contribution is -1.85. The number of nitrogens with zero attached hydrogens (tertiary/aromatic N) is 1. The van der Waals surface area contributed by atoms with E-state index in [9.17, 15) is 0 Å². The number of hydrogen-bond acceptors (Lipinski definition) is 4. The van der Waals surface area contributed by atoms with Gasteiger partial charge < -0.3 is 14.9 Å². The smallest absolute Gasteiger partial charge is 0.292 e.